The van der Waals surface area contributed by atoms with E-state index in [-0.39, 0.29) is 31.9 Å². The molecular weight excluding hydrogens is 447 g/mol. The van der Waals surface area contributed by atoms with Gasteiger partial charge in [-0.3, -0.25) is 0 Å². The van der Waals surface area contributed by atoms with Crippen molar-refractivity contribution >= 4 is 11.4 Å². The zero-order chi connectivity index (χ0) is 18.4. The van der Waals surface area contributed by atoms with Crippen LogP contribution in [0.4, 0.5) is 11.4 Å². The summed E-state index contributed by atoms with van der Waals surface area (Å²) in [5.74, 6) is 0. The van der Waals surface area contributed by atoms with Gasteiger partial charge in [0.1, 0.15) is 11.4 Å². The first-order chi connectivity index (χ1) is 11.9. The molecule has 0 aliphatic heterocycles. The third-order valence-electron chi connectivity index (χ3n) is 4.67. The van der Waals surface area contributed by atoms with E-state index < -0.39 is 0 Å². The van der Waals surface area contributed by atoms with Crippen LogP contribution in [0.2, 0.25) is 0 Å². The fourth-order valence-electron chi connectivity index (χ4n) is 2.56. The van der Waals surface area contributed by atoms with Crippen molar-refractivity contribution in [2.75, 3.05) is 0 Å². The first kappa shape index (κ1) is 25.1. The number of hydrogen-bond acceptors (Lipinski definition) is 2. The van der Waals surface area contributed by atoms with E-state index in [1.165, 1.54) is 27.8 Å². The Bertz CT molecular complexity index is 779. The monoisotopic (exact) mass is 470 g/mol. The fourth-order valence-corrected chi connectivity index (χ4v) is 2.56. The van der Waals surface area contributed by atoms with Crippen molar-refractivity contribution in [3.63, 3.8) is 0 Å². The van der Waals surface area contributed by atoms with Crippen molar-refractivity contribution in [2.24, 2.45) is 5.11 Å². The van der Waals surface area contributed by atoms with Gasteiger partial charge in [-0.1, -0.05) is 63.7 Å². The number of rotatable bonds is 2. The van der Waals surface area contributed by atoms with E-state index in [0.29, 0.717) is 16.2 Å². The second-order valence-electron chi connectivity index (χ2n) is 6.08. The fraction of sp³-hybridized carbons (Fsp3) is 0.227. The quantitative estimate of drug-likeness (QED) is 0.186. The number of azo groups is 1. The molecule has 3 aromatic rings. The Morgan fingerprint density at radius 3 is 1.81 bits per heavy atom. The zero-order valence-corrected chi connectivity index (χ0v) is 18.6. The SMILES string of the molecule is Cc1c(C)c(C)[c-](C)c1C.[Cl-].[O-][N+](=Nc1ccccc1)c1[c-]cccc1.[Rh+3]. The molecule has 3 nitrogen and oxygen atoms in total. The van der Waals surface area contributed by atoms with Crippen LogP contribution in [-0.2, 0) is 19.5 Å². The molecular formula is C22H24ClN2ORh. The predicted molar refractivity (Wildman–Crippen MR) is 103 cm³/mol. The molecule has 0 unspecified atom stereocenters. The first-order valence-corrected chi connectivity index (χ1v) is 8.32. The Morgan fingerprint density at radius 2 is 1.41 bits per heavy atom. The molecule has 0 fully saturated rings. The molecule has 0 bridgehead atoms. The molecule has 0 amide bonds. The van der Waals surface area contributed by atoms with Crippen LogP contribution in [0.1, 0.15) is 27.8 Å². The van der Waals surface area contributed by atoms with Crippen molar-refractivity contribution < 1.29 is 36.7 Å². The summed E-state index contributed by atoms with van der Waals surface area (Å²) in [6.45, 7) is 11.0. The molecule has 27 heavy (non-hydrogen) atoms. The Balaban J connectivity index is 0.000000500. The van der Waals surface area contributed by atoms with E-state index in [1.54, 1.807) is 36.4 Å². The van der Waals surface area contributed by atoms with Crippen LogP contribution in [0.25, 0.3) is 0 Å². The molecule has 0 atom stereocenters. The van der Waals surface area contributed by atoms with E-state index in [4.69, 9.17) is 0 Å². The number of hydrogen-bond donors (Lipinski definition) is 0. The van der Waals surface area contributed by atoms with Crippen LogP contribution >= 0.6 is 0 Å². The number of nitrogens with zero attached hydrogens (tertiary/aromatic N) is 2. The Hall–Kier alpha value is -1.90. The van der Waals surface area contributed by atoms with E-state index in [9.17, 15) is 5.21 Å². The summed E-state index contributed by atoms with van der Waals surface area (Å²) < 4.78 is 0. The summed E-state index contributed by atoms with van der Waals surface area (Å²) in [5, 5.41) is 15.4. The van der Waals surface area contributed by atoms with E-state index in [1.807, 2.05) is 18.2 Å². The van der Waals surface area contributed by atoms with Crippen molar-refractivity contribution in [1.82, 2.24) is 0 Å². The smallest absolute Gasteiger partial charge is 1.00 e. The Kier molecular flexibility index (Phi) is 10.9. The van der Waals surface area contributed by atoms with Crippen LogP contribution in [-0.4, -0.2) is 4.86 Å². The first-order valence-electron chi connectivity index (χ1n) is 8.32. The van der Waals surface area contributed by atoms with Crippen LogP contribution in [0.3, 0.4) is 0 Å². The third kappa shape index (κ3) is 6.64. The van der Waals surface area contributed by atoms with Crippen molar-refractivity contribution in [3.05, 3.63) is 93.7 Å². The summed E-state index contributed by atoms with van der Waals surface area (Å²) in [5.41, 5.74) is 8.37. The van der Waals surface area contributed by atoms with Gasteiger partial charge in [-0.2, -0.15) is 46.0 Å². The normalized spacial score (nSPS) is 10.2. The van der Waals surface area contributed by atoms with Gasteiger partial charge in [0.2, 0.25) is 0 Å². The maximum atomic E-state index is 11.5. The van der Waals surface area contributed by atoms with Gasteiger partial charge in [0.25, 0.3) is 0 Å². The second-order valence-corrected chi connectivity index (χ2v) is 6.08. The van der Waals surface area contributed by atoms with Crippen molar-refractivity contribution in [1.29, 1.82) is 0 Å². The van der Waals surface area contributed by atoms with Crippen LogP contribution in [0.15, 0.2) is 59.7 Å². The number of halogens is 1. The Labute approximate surface area is 181 Å². The molecule has 0 aliphatic rings. The van der Waals surface area contributed by atoms with Crippen LogP contribution in [0.5, 0.6) is 0 Å². The van der Waals surface area contributed by atoms with Gasteiger partial charge in [0.05, 0.1) is 0 Å². The maximum absolute atomic E-state index is 11.5. The molecule has 0 radical (unpaired) electrons. The summed E-state index contributed by atoms with van der Waals surface area (Å²) in [6, 6.07) is 18.8. The minimum atomic E-state index is 0. The summed E-state index contributed by atoms with van der Waals surface area (Å²) in [4.78, 5) is 0.565. The predicted octanol–water partition coefficient (Wildman–Crippen LogP) is 3.36. The van der Waals surface area contributed by atoms with Gasteiger partial charge in [-0.15, -0.1) is 6.07 Å². The summed E-state index contributed by atoms with van der Waals surface area (Å²) in [7, 11) is 0. The summed E-state index contributed by atoms with van der Waals surface area (Å²) >= 11 is 0. The van der Waals surface area contributed by atoms with E-state index in [2.05, 4.69) is 45.8 Å². The van der Waals surface area contributed by atoms with Gasteiger partial charge in [-0.25, -0.2) is 0 Å². The average molecular weight is 471 g/mol. The molecule has 0 aliphatic carbocycles. The Morgan fingerprint density at radius 1 is 0.889 bits per heavy atom. The molecule has 5 heteroatoms. The standard InChI is InChI=1S/C12H9N2O.C10H15.ClH.Rh/c15-14(12-9-5-2-6-10-12)13-11-7-3-1-4-8-11;1-6-7(2)9(4)10(5)8(6)3;;/h1-9H;1-5H3;1H;/q2*-1;;+3/p-1. The largest absolute Gasteiger partial charge is 3.00 e. The number of benzene rings is 2. The summed E-state index contributed by atoms with van der Waals surface area (Å²) in [6.07, 6.45) is 0. The second kappa shape index (κ2) is 11.7. The topological polar surface area (TPSA) is 38.4 Å². The van der Waals surface area contributed by atoms with Crippen LogP contribution in [0, 0.1) is 45.9 Å². The van der Waals surface area contributed by atoms with Gasteiger partial charge in [0, 0.05) is 5.11 Å². The van der Waals surface area contributed by atoms with E-state index >= 15 is 0 Å². The van der Waals surface area contributed by atoms with Gasteiger partial charge < -0.3 is 17.6 Å². The van der Waals surface area contributed by atoms with Gasteiger partial charge >= 0.3 is 19.5 Å². The molecule has 0 saturated carbocycles. The van der Waals surface area contributed by atoms with E-state index in [0.717, 1.165) is 0 Å². The van der Waals surface area contributed by atoms with Crippen molar-refractivity contribution in [3.8, 4) is 0 Å². The molecule has 0 saturated heterocycles. The van der Waals surface area contributed by atoms with Crippen molar-refractivity contribution in [2.45, 2.75) is 34.6 Å². The van der Waals surface area contributed by atoms with Crippen LogP contribution < -0.4 is 12.4 Å². The minimum Gasteiger partial charge on any atom is -1.00 e. The molecule has 3 rings (SSSR count). The molecule has 3 aromatic carbocycles. The average Bonchev–Trinajstić information content (AvgIpc) is 2.81. The maximum Gasteiger partial charge on any atom is 3.00 e. The molecule has 0 N–H and O–H groups in total. The van der Waals surface area contributed by atoms with Gasteiger partial charge in [-0.05, 0) is 12.1 Å². The molecule has 0 spiro atoms. The molecule has 0 aromatic heterocycles. The number of para-hydroxylation sites is 1. The van der Waals surface area contributed by atoms with Gasteiger partial charge in [0.15, 0.2) is 0 Å². The molecule has 0 heterocycles. The minimum absolute atomic E-state index is 0. The molecule has 144 valence electrons. The third-order valence-corrected chi connectivity index (χ3v) is 4.67. The zero-order valence-electron chi connectivity index (χ0n) is 16.2.